The lowest BCUT2D eigenvalue weighted by Gasteiger charge is -2.08. The van der Waals surface area contributed by atoms with E-state index in [4.69, 9.17) is 4.84 Å². The number of carbonyl (C=O) groups is 1. The van der Waals surface area contributed by atoms with Crippen molar-refractivity contribution in [1.82, 2.24) is 5.48 Å². The number of nitrogens with one attached hydrogen (secondary N) is 1. The molecule has 0 aliphatic carbocycles. The number of hydrogen-bond donors (Lipinski definition) is 1. The molecule has 96 valence electrons. The highest BCUT2D eigenvalue weighted by molar-refractivity contribution is 9.10. The van der Waals surface area contributed by atoms with Crippen LogP contribution in [0, 0.1) is 0 Å². The number of halogens is 1. The van der Waals surface area contributed by atoms with Crippen LogP contribution in [0.25, 0.3) is 0 Å². The van der Waals surface area contributed by atoms with Crippen molar-refractivity contribution in [1.29, 1.82) is 0 Å². The van der Waals surface area contributed by atoms with Crippen LogP contribution in [-0.2, 0) is 4.84 Å². The van der Waals surface area contributed by atoms with Crippen LogP contribution >= 0.6 is 15.9 Å². The maximum absolute atomic E-state index is 11.7. The smallest absolute Gasteiger partial charge is 0.337 e. The second-order valence-electron chi connectivity index (χ2n) is 4.14. The molecule has 0 bridgehead atoms. The van der Waals surface area contributed by atoms with Crippen LogP contribution in [-0.4, -0.2) is 18.3 Å². The first-order chi connectivity index (χ1) is 8.75. The fourth-order valence-corrected chi connectivity index (χ4v) is 1.97. The van der Waals surface area contributed by atoms with Crippen molar-refractivity contribution in [3.8, 4) is 0 Å². The van der Waals surface area contributed by atoms with Crippen molar-refractivity contribution in [3.63, 3.8) is 0 Å². The van der Waals surface area contributed by atoms with Crippen LogP contribution < -0.4 is 5.48 Å². The molecule has 0 amide bonds. The van der Waals surface area contributed by atoms with E-state index in [9.17, 15) is 4.79 Å². The van der Waals surface area contributed by atoms with E-state index < -0.39 is 5.97 Å². The Morgan fingerprint density at radius 3 is 2.78 bits per heavy atom. The predicted molar refractivity (Wildman–Crippen MR) is 73.5 cm³/mol. The second kappa shape index (κ2) is 6.54. The van der Waals surface area contributed by atoms with Crippen LogP contribution in [0.15, 0.2) is 33.7 Å². The molecule has 2 rings (SSSR count). The molecule has 1 aliphatic heterocycles. The van der Waals surface area contributed by atoms with E-state index in [2.05, 4.69) is 26.4 Å². The normalized spacial score (nSPS) is 15.5. The zero-order valence-corrected chi connectivity index (χ0v) is 11.6. The van der Waals surface area contributed by atoms with Gasteiger partial charge in [0.2, 0.25) is 0 Å². The van der Waals surface area contributed by atoms with Crippen LogP contribution in [0.2, 0.25) is 0 Å². The van der Waals surface area contributed by atoms with Gasteiger partial charge in [-0.1, -0.05) is 22.4 Å². The summed E-state index contributed by atoms with van der Waals surface area (Å²) in [7, 11) is 0. The average Bonchev–Trinajstić information content (AvgIpc) is 2.65. The first kappa shape index (κ1) is 13.1. The van der Waals surface area contributed by atoms with E-state index in [-0.39, 0.29) is 0 Å². The molecule has 1 N–H and O–H groups in total. The maximum Gasteiger partial charge on any atom is 0.362 e. The highest BCUT2D eigenvalue weighted by Gasteiger charge is 2.09. The van der Waals surface area contributed by atoms with Crippen molar-refractivity contribution in [2.24, 2.45) is 4.99 Å². The fraction of sp³-hybridized carbons (Fsp3) is 0.385. The molecule has 5 heteroatoms. The Morgan fingerprint density at radius 1 is 1.22 bits per heavy atom. The summed E-state index contributed by atoms with van der Waals surface area (Å²) in [5.41, 5.74) is 3.18. The molecule has 0 radical (unpaired) electrons. The summed E-state index contributed by atoms with van der Waals surface area (Å²) in [6.07, 6.45) is 4.20. The average molecular weight is 311 g/mol. The van der Waals surface area contributed by atoms with E-state index in [0.717, 1.165) is 36.1 Å². The molecule has 0 aromatic heterocycles. The maximum atomic E-state index is 11.7. The second-order valence-corrected chi connectivity index (χ2v) is 5.05. The van der Waals surface area contributed by atoms with Crippen LogP contribution in [0.5, 0.6) is 0 Å². The summed E-state index contributed by atoms with van der Waals surface area (Å²) in [6, 6.07) is 7.03. The summed E-state index contributed by atoms with van der Waals surface area (Å²) in [5.74, 6) is 0.368. The quantitative estimate of drug-likeness (QED) is 0.811. The first-order valence-electron chi connectivity index (χ1n) is 6.02. The van der Waals surface area contributed by atoms with Gasteiger partial charge in [-0.05, 0) is 37.1 Å². The molecule has 0 spiro atoms. The molecule has 0 atom stereocenters. The van der Waals surface area contributed by atoms with Crippen LogP contribution in [0.1, 0.15) is 36.0 Å². The van der Waals surface area contributed by atoms with Gasteiger partial charge in [-0.2, -0.15) is 0 Å². The number of carbonyl (C=O) groups excluding carboxylic acids is 1. The molecular weight excluding hydrogens is 296 g/mol. The summed E-state index contributed by atoms with van der Waals surface area (Å²) in [6.45, 7) is 0.804. The van der Waals surface area contributed by atoms with E-state index in [1.165, 1.54) is 6.42 Å². The van der Waals surface area contributed by atoms with Crippen molar-refractivity contribution in [2.45, 2.75) is 25.7 Å². The number of aliphatic imine (C=N–C) groups is 1. The van der Waals surface area contributed by atoms with Gasteiger partial charge in [-0.25, -0.2) is 10.3 Å². The summed E-state index contributed by atoms with van der Waals surface area (Å²) < 4.78 is 0.931. The number of amidine groups is 1. The zero-order chi connectivity index (χ0) is 12.8. The van der Waals surface area contributed by atoms with Gasteiger partial charge >= 0.3 is 5.97 Å². The molecule has 18 heavy (non-hydrogen) atoms. The number of nitrogens with zero attached hydrogens (tertiary/aromatic N) is 1. The summed E-state index contributed by atoms with van der Waals surface area (Å²) in [4.78, 5) is 21.1. The van der Waals surface area contributed by atoms with Gasteiger partial charge in [0.05, 0.1) is 5.56 Å². The van der Waals surface area contributed by atoms with Crippen LogP contribution in [0.3, 0.4) is 0 Å². The van der Waals surface area contributed by atoms with Crippen molar-refractivity contribution >= 4 is 27.7 Å². The van der Waals surface area contributed by atoms with Gasteiger partial charge in [0.15, 0.2) is 0 Å². The fourth-order valence-electron chi connectivity index (χ4n) is 1.71. The number of hydrogen-bond acceptors (Lipinski definition) is 4. The molecule has 4 nitrogen and oxygen atoms in total. The monoisotopic (exact) mass is 310 g/mol. The Bertz CT molecular complexity index is 443. The van der Waals surface area contributed by atoms with E-state index >= 15 is 0 Å². The summed E-state index contributed by atoms with van der Waals surface area (Å²) in [5, 5.41) is 0. The Balaban J connectivity index is 1.87. The molecule has 0 saturated carbocycles. The van der Waals surface area contributed by atoms with Crippen molar-refractivity contribution in [2.75, 3.05) is 6.54 Å². The molecule has 0 fully saturated rings. The lowest BCUT2D eigenvalue weighted by molar-refractivity contribution is 0.0382. The highest BCUT2D eigenvalue weighted by Crippen LogP contribution is 2.11. The third-order valence-electron chi connectivity index (χ3n) is 2.72. The van der Waals surface area contributed by atoms with Crippen LogP contribution in [0.4, 0.5) is 0 Å². The largest absolute Gasteiger partial charge is 0.362 e. The minimum Gasteiger partial charge on any atom is -0.337 e. The number of rotatable bonds is 1. The van der Waals surface area contributed by atoms with E-state index in [1.807, 2.05) is 0 Å². The standard InChI is InChI=1S/C13H15BrN2O2/c14-11-7-5-10(6-8-11)13(17)18-16-12-4-2-1-3-9-15-12/h5-8H,1-4,9H2,(H,15,16). The van der Waals surface area contributed by atoms with Gasteiger partial charge in [0.25, 0.3) is 0 Å². The molecule has 1 aromatic rings. The van der Waals surface area contributed by atoms with E-state index in [0.29, 0.717) is 5.56 Å². The third kappa shape index (κ3) is 3.84. The molecule has 1 aliphatic rings. The number of hydroxylamine groups is 1. The van der Waals surface area contributed by atoms with E-state index in [1.54, 1.807) is 24.3 Å². The molecule has 1 heterocycles. The number of benzene rings is 1. The van der Waals surface area contributed by atoms with Crippen molar-refractivity contribution < 1.29 is 9.63 Å². The topological polar surface area (TPSA) is 50.7 Å². The SMILES string of the molecule is O=C(ONC1=NCCCCC1)c1ccc(Br)cc1. The minimum atomic E-state index is -0.394. The lowest BCUT2D eigenvalue weighted by Crippen LogP contribution is -2.27. The Hall–Kier alpha value is -1.36. The van der Waals surface area contributed by atoms with Crippen molar-refractivity contribution in [3.05, 3.63) is 34.3 Å². The Morgan fingerprint density at radius 2 is 2.00 bits per heavy atom. The minimum absolute atomic E-state index is 0.394. The van der Waals surface area contributed by atoms with Gasteiger partial charge < -0.3 is 4.84 Å². The van der Waals surface area contributed by atoms with Gasteiger partial charge in [-0.3, -0.25) is 4.99 Å². The first-order valence-corrected chi connectivity index (χ1v) is 6.81. The highest BCUT2D eigenvalue weighted by atomic mass is 79.9. The Labute approximate surface area is 115 Å². The molecule has 0 saturated heterocycles. The molecule has 0 unspecified atom stereocenters. The Kier molecular flexibility index (Phi) is 4.75. The predicted octanol–water partition coefficient (Wildman–Crippen LogP) is 3.08. The molecular formula is C13H15BrN2O2. The van der Waals surface area contributed by atoms with Gasteiger partial charge in [0.1, 0.15) is 5.84 Å². The van der Waals surface area contributed by atoms with Gasteiger partial charge in [-0.15, -0.1) is 0 Å². The lowest BCUT2D eigenvalue weighted by atomic mass is 10.2. The third-order valence-corrected chi connectivity index (χ3v) is 3.24. The summed E-state index contributed by atoms with van der Waals surface area (Å²) >= 11 is 3.32. The van der Waals surface area contributed by atoms with Gasteiger partial charge in [0, 0.05) is 17.4 Å². The molecule has 1 aromatic carbocycles. The zero-order valence-electron chi connectivity index (χ0n) is 9.99.